The number of alkyl halides is 3. The number of carbonyl (C=O) groups excluding carboxylic acids is 2. The summed E-state index contributed by atoms with van der Waals surface area (Å²) >= 11 is 16.5. The minimum absolute atomic E-state index is 0.145. The Kier molecular flexibility index (Phi) is 7.95. The van der Waals surface area contributed by atoms with Gasteiger partial charge in [0, 0.05) is 12.6 Å². The van der Waals surface area contributed by atoms with Crippen LogP contribution in [0.15, 0.2) is 24.3 Å². The number of likely N-dealkylation sites (N-methyl/N-ethyl adjacent to an activating group) is 1. The number of halogens is 3. The fourth-order valence-electron chi connectivity index (χ4n) is 1.58. The van der Waals surface area contributed by atoms with E-state index in [2.05, 4.69) is 0 Å². The molecular weight excluding hydrogens is 365 g/mol. The molecule has 0 saturated heterocycles. The highest BCUT2D eigenvalue weighted by atomic mass is 35.6. The van der Waals surface area contributed by atoms with Gasteiger partial charge in [-0.3, -0.25) is 4.79 Å². The average Bonchev–Trinajstić information content (AvgIpc) is 2.50. The van der Waals surface area contributed by atoms with Gasteiger partial charge in [0.2, 0.25) is 3.79 Å². The topological polar surface area (TPSA) is 55.8 Å². The molecular formula is C15H18Cl3NO4. The molecule has 0 saturated carbocycles. The summed E-state index contributed by atoms with van der Waals surface area (Å²) in [4.78, 5) is 24.9. The SMILES string of the molecule is CCCOc1ccc(C(=O)CN(C)C(=O)OCC(Cl)(Cl)Cl)cc1. The molecule has 0 aliphatic rings. The van der Waals surface area contributed by atoms with Gasteiger partial charge in [0.1, 0.15) is 12.4 Å². The van der Waals surface area contributed by atoms with E-state index in [1.54, 1.807) is 24.3 Å². The van der Waals surface area contributed by atoms with E-state index >= 15 is 0 Å². The first kappa shape index (κ1) is 19.9. The molecule has 0 fully saturated rings. The van der Waals surface area contributed by atoms with Gasteiger partial charge in [-0.05, 0) is 30.7 Å². The Morgan fingerprint density at radius 3 is 2.30 bits per heavy atom. The lowest BCUT2D eigenvalue weighted by Crippen LogP contribution is -2.34. The highest BCUT2D eigenvalue weighted by Gasteiger charge is 2.24. The van der Waals surface area contributed by atoms with Gasteiger partial charge in [-0.1, -0.05) is 41.7 Å². The second-order valence-corrected chi connectivity index (χ2v) is 7.34. The van der Waals surface area contributed by atoms with E-state index in [4.69, 9.17) is 44.3 Å². The maximum Gasteiger partial charge on any atom is 0.410 e. The lowest BCUT2D eigenvalue weighted by atomic mass is 10.1. The number of amides is 1. The van der Waals surface area contributed by atoms with Gasteiger partial charge in [-0.2, -0.15) is 0 Å². The standard InChI is InChI=1S/C15H18Cl3NO4/c1-3-8-22-12-6-4-11(5-7-12)13(20)9-19(2)14(21)23-10-15(16,17)18/h4-7H,3,8-10H2,1-2H3. The van der Waals surface area contributed by atoms with Crippen molar-refractivity contribution in [2.75, 3.05) is 26.8 Å². The molecule has 0 aliphatic carbocycles. The summed E-state index contributed by atoms with van der Waals surface area (Å²) < 4.78 is 8.54. The van der Waals surface area contributed by atoms with Crippen molar-refractivity contribution >= 4 is 46.7 Å². The number of hydrogen-bond acceptors (Lipinski definition) is 4. The summed E-state index contributed by atoms with van der Waals surface area (Å²) in [5.74, 6) is 0.458. The van der Waals surface area contributed by atoms with Crippen LogP contribution in [0.5, 0.6) is 5.75 Å². The van der Waals surface area contributed by atoms with Crippen LogP contribution in [0.25, 0.3) is 0 Å². The smallest absolute Gasteiger partial charge is 0.410 e. The molecule has 128 valence electrons. The number of carbonyl (C=O) groups is 2. The van der Waals surface area contributed by atoms with Crippen molar-refractivity contribution in [3.63, 3.8) is 0 Å². The maximum atomic E-state index is 12.1. The van der Waals surface area contributed by atoms with E-state index < -0.39 is 16.5 Å². The van der Waals surface area contributed by atoms with Crippen LogP contribution in [0.4, 0.5) is 4.79 Å². The van der Waals surface area contributed by atoms with E-state index in [1.165, 1.54) is 7.05 Å². The Balaban J connectivity index is 2.52. The van der Waals surface area contributed by atoms with Crippen LogP contribution in [0, 0.1) is 0 Å². The predicted octanol–water partition coefficient (Wildman–Crippen LogP) is 4.10. The van der Waals surface area contributed by atoms with Crippen LogP contribution in [-0.2, 0) is 4.74 Å². The highest BCUT2D eigenvalue weighted by Crippen LogP contribution is 2.26. The largest absolute Gasteiger partial charge is 0.494 e. The van der Waals surface area contributed by atoms with E-state index in [0.717, 1.165) is 11.3 Å². The molecule has 0 radical (unpaired) electrons. The van der Waals surface area contributed by atoms with Crippen molar-refractivity contribution in [1.29, 1.82) is 0 Å². The quantitative estimate of drug-likeness (QED) is 0.526. The van der Waals surface area contributed by atoms with Crippen LogP contribution in [0.2, 0.25) is 0 Å². The van der Waals surface area contributed by atoms with Gasteiger partial charge >= 0.3 is 6.09 Å². The molecule has 0 unspecified atom stereocenters. The summed E-state index contributed by atoms with van der Waals surface area (Å²) in [6.45, 7) is 2.09. The summed E-state index contributed by atoms with van der Waals surface area (Å²) in [7, 11) is 1.43. The van der Waals surface area contributed by atoms with E-state index in [9.17, 15) is 9.59 Å². The number of nitrogens with zero attached hydrogens (tertiary/aromatic N) is 1. The van der Waals surface area contributed by atoms with Crippen LogP contribution in [-0.4, -0.2) is 47.4 Å². The third-order valence-electron chi connectivity index (χ3n) is 2.70. The molecule has 0 bridgehead atoms. The van der Waals surface area contributed by atoms with Crippen molar-refractivity contribution < 1.29 is 19.1 Å². The second-order valence-electron chi connectivity index (χ2n) is 4.82. The van der Waals surface area contributed by atoms with Gasteiger partial charge in [0.15, 0.2) is 5.78 Å². The van der Waals surface area contributed by atoms with Gasteiger partial charge in [0.05, 0.1) is 13.2 Å². The van der Waals surface area contributed by atoms with Crippen LogP contribution in [0.3, 0.4) is 0 Å². The highest BCUT2D eigenvalue weighted by molar-refractivity contribution is 6.67. The van der Waals surface area contributed by atoms with Gasteiger partial charge < -0.3 is 14.4 Å². The average molecular weight is 383 g/mol. The normalized spacial score (nSPS) is 11.0. The third-order valence-corrected chi connectivity index (χ3v) is 3.03. The molecule has 0 aromatic heterocycles. The van der Waals surface area contributed by atoms with Gasteiger partial charge in [-0.15, -0.1) is 0 Å². The number of ether oxygens (including phenoxy) is 2. The maximum absolute atomic E-state index is 12.1. The third kappa shape index (κ3) is 7.77. The Hall–Kier alpha value is -1.17. The first-order valence-electron chi connectivity index (χ1n) is 6.93. The minimum atomic E-state index is -1.69. The number of hydrogen-bond donors (Lipinski definition) is 0. The molecule has 0 spiro atoms. The zero-order valence-corrected chi connectivity index (χ0v) is 15.1. The molecule has 1 aromatic rings. The van der Waals surface area contributed by atoms with Gasteiger partial charge in [0.25, 0.3) is 0 Å². The molecule has 0 heterocycles. The number of ketones is 1. The number of rotatable bonds is 7. The summed E-state index contributed by atoms with van der Waals surface area (Å²) in [6, 6.07) is 6.72. The van der Waals surface area contributed by atoms with Crippen molar-refractivity contribution in [3.05, 3.63) is 29.8 Å². The Labute approximate surface area is 150 Å². The Morgan fingerprint density at radius 2 is 1.78 bits per heavy atom. The lowest BCUT2D eigenvalue weighted by molar-refractivity contribution is 0.0873. The second kappa shape index (κ2) is 9.21. The number of benzene rings is 1. The Bertz CT molecular complexity index is 529. The zero-order chi connectivity index (χ0) is 17.5. The van der Waals surface area contributed by atoms with Crippen LogP contribution < -0.4 is 4.74 Å². The summed E-state index contributed by atoms with van der Waals surface area (Å²) in [5.41, 5.74) is 0.467. The lowest BCUT2D eigenvalue weighted by Gasteiger charge is -2.18. The molecule has 5 nitrogen and oxygen atoms in total. The van der Waals surface area contributed by atoms with Crippen LogP contribution >= 0.6 is 34.8 Å². The number of Topliss-reactive ketones (excluding diaryl/α,β-unsaturated/α-hetero) is 1. The van der Waals surface area contributed by atoms with Crippen molar-refractivity contribution in [3.8, 4) is 5.75 Å². The molecule has 1 amide bonds. The van der Waals surface area contributed by atoms with E-state index in [1.807, 2.05) is 6.92 Å². The van der Waals surface area contributed by atoms with Crippen molar-refractivity contribution in [2.45, 2.75) is 17.1 Å². The first-order chi connectivity index (χ1) is 10.7. The summed E-state index contributed by atoms with van der Waals surface area (Å²) in [5, 5.41) is 0. The monoisotopic (exact) mass is 381 g/mol. The summed E-state index contributed by atoms with van der Waals surface area (Å²) in [6.07, 6.45) is 0.162. The molecule has 0 N–H and O–H groups in total. The fourth-order valence-corrected chi connectivity index (χ4v) is 1.75. The fraction of sp³-hybridized carbons (Fsp3) is 0.467. The molecule has 0 aliphatic heterocycles. The van der Waals surface area contributed by atoms with E-state index in [-0.39, 0.29) is 12.3 Å². The molecule has 23 heavy (non-hydrogen) atoms. The van der Waals surface area contributed by atoms with Crippen molar-refractivity contribution in [2.24, 2.45) is 0 Å². The predicted molar refractivity (Wildman–Crippen MR) is 90.8 cm³/mol. The first-order valence-corrected chi connectivity index (χ1v) is 8.07. The molecule has 0 atom stereocenters. The van der Waals surface area contributed by atoms with E-state index in [0.29, 0.717) is 17.9 Å². The minimum Gasteiger partial charge on any atom is -0.494 e. The van der Waals surface area contributed by atoms with Gasteiger partial charge in [-0.25, -0.2) is 4.79 Å². The molecule has 1 aromatic carbocycles. The molecule has 1 rings (SSSR count). The van der Waals surface area contributed by atoms with Crippen molar-refractivity contribution in [1.82, 2.24) is 4.90 Å². The molecule has 8 heteroatoms. The Morgan fingerprint density at radius 1 is 1.17 bits per heavy atom. The van der Waals surface area contributed by atoms with Crippen LogP contribution in [0.1, 0.15) is 23.7 Å². The zero-order valence-electron chi connectivity index (χ0n) is 12.9.